The Labute approximate surface area is 169 Å². The van der Waals surface area contributed by atoms with Gasteiger partial charge < -0.3 is 15.2 Å². The van der Waals surface area contributed by atoms with Crippen LogP contribution in [0.25, 0.3) is 10.9 Å². The van der Waals surface area contributed by atoms with Crippen LogP contribution in [0.4, 0.5) is 5.82 Å². The maximum absolute atomic E-state index is 11.0. The molecule has 0 saturated heterocycles. The van der Waals surface area contributed by atoms with E-state index >= 15 is 0 Å². The highest BCUT2D eigenvalue weighted by atomic mass is 16.5. The summed E-state index contributed by atoms with van der Waals surface area (Å²) in [4.78, 5) is 8.73. The van der Waals surface area contributed by atoms with Gasteiger partial charge in [-0.25, -0.2) is 4.98 Å². The van der Waals surface area contributed by atoms with E-state index in [9.17, 15) is 5.11 Å². The Morgan fingerprint density at radius 1 is 1.00 bits per heavy atom. The fraction of sp³-hybridized carbons (Fsp3) is 0.0833. The van der Waals surface area contributed by atoms with Crippen molar-refractivity contribution in [3.63, 3.8) is 0 Å². The number of phenolic OH excluding ortho intramolecular Hbond substituents is 1. The van der Waals surface area contributed by atoms with E-state index in [1.54, 1.807) is 18.5 Å². The molecule has 5 heteroatoms. The van der Waals surface area contributed by atoms with Crippen molar-refractivity contribution in [1.29, 1.82) is 0 Å². The first kappa shape index (κ1) is 18.5. The summed E-state index contributed by atoms with van der Waals surface area (Å²) in [7, 11) is 0. The normalized spacial score (nSPS) is 11.7. The van der Waals surface area contributed by atoms with Crippen molar-refractivity contribution in [3.05, 3.63) is 103 Å². The number of pyridine rings is 2. The molecule has 0 aliphatic rings. The van der Waals surface area contributed by atoms with Crippen LogP contribution in [0.3, 0.4) is 0 Å². The smallest absolute Gasteiger partial charge is 0.147 e. The zero-order chi connectivity index (χ0) is 20.1. The van der Waals surface area contributed by atoms with Crippen LogP contribution in [0.2, 0.25) is 0 Å². The molecule has 0 bridgehead atoms. The Kier molecular flexibility index (Phi) is 5.38. The number of fused-ring (bicyclic) bond motifs is 1. The number of ether oxygens (including phenoxy) is 1. The second-order valence-electron chi connectivity index (χ2n) is 6.54. The molecule has 144 valence electrons. The van der Waals surface area contributed by atoms with Crippen molar-refractivity contribution >= 4 is 16.7 Å². The topological polar surface area (TPSA) is 67.3 Å². The number of aromatic hydroxyl groups is 1. The highest BCUT2D eigenvalue weighted by Crippen LogP contribution is 2.37. The number of nitrogens with zero attached hydrogens (tertiary/aromatic N) is 2. The Morgan fingerprint density at radius 3 is 2.72 bits per heavy atom. The van der Waals surface area contributed by atoms with Gasteiger partial charge in [-0.15, -0.1) is 0 Å². The predicted molar refractivity (Wildman–Crippen MR) is 115 cm³/mol. The van der Waals surface area contributed by atoms with Gasteiger partial charge in [0.2, 0.25) is 0 Å². The summed E-state index contributed by atoms with van der Waals surface area (Å²) in [6.07, 6.45) is 5.11. The summed E-state index contributed by atoms with van der Waals surface area (Å²) in [5.41, 5.74) is 2.21. The Balaban J connectivity index is 1.81. The summed E-state index contributed by atoms with van der Waals surface area (Å²) in [6, 6.07) is 20.7. The number of rotatable bonds is 7. The van der Waals surface area contributed by atoms with Gasteiger partial charge in [-0.1, -0.05) is 49.1 Å². The highest BCUT2D eigenvalue weighted by molar-refractivity contribution is 5.86. The van der Waals surface area contributed by atoms with E-state index in [1.807, 2.05) is 66.7 Å². The van der Waals surface area contributed by atoms with Gasteiger partial charge in [-0.2, -0.15) is 0 Å². The maximum Gasteiger partial charge on any atom is 0.147 e. The van der Waals surface area contributed by atoms with Gasteiger partial charge in [0, 0.05) is 23.3 Å². The van der Waals surface area contributed by atoms with E-state index in [0.717, 1.165) is 16.7 Å². The third kappa shape index (κ3) is 4.04. The Hall–Kier alpha value is -3.86. The minimum atomic E-state index is -0.344. The van der Waals surface area contributed by atoms with Crippen LogP contribution in [0.15, 0.2) is 91.8 Å². The first-order chi connectivity index (χ1) is 14.3. The summed E-state index contributed by atoms with van der Waals surface area (Å²) >= 11 is 0. The molecule has 5 nitrogen and oxygen atoms in total. The van der Waals surface area contributed by atoms with Crippen LogP contribution in [0, 0.1) is 0 Å². The second-order valence-corrected chi connectivity index (χ2v) is 6.54. The lowest BCUT2D eigenvalue weighted by molar-refractivity contribution is 0.362. The van der Waals surface area contributed by atoms with Gasteiger partial charge in [0.1, 0.15) is 29.4 Å². The molecule has 0 radical (unpaired) electrons. The number of phenols is 1. The van der Waals surface area contributed by atoms with E-state index in [0.29, 0.717) is 23.5 Å². The molecule has 4 rings (SSSR count). The van der Waals surface area contributed by atoms with E-state index in [1.165, 1.54) is 0 Å². The minimum Gasteiger partial charge on any atom is -0.505 e. The predicted octanol–water partition coefficient (Wildman–Crippen LogP) is 5.10. The van der Waals surface area contributed by atoms with Gasteiger partial charge in [0.25, 0.3) is 0 Å². The number of hydrogen-bond acceptors (Lipinski definition) is 5. The SMILES string of the molecule is C=CCOc1cccc([C@H](Nc2ccccn2)c2ccc3cccnc3c2O)c1. The quantitative estimate of drug-likeness (QED) is 0.435. The molecule has 29 heavy (non-hydrogen) atoms. The van der Waals surface area contributed by atoms with Crippen LogP contribution in [0.1, 0.15) is 17.2 Å². The molecule has 0 aliphatic carbocycles. The van der Waals surface area contributed by atoms with Gasteiger partial charge in [-0.05, 0) is 35.9 Å². The number of benzene rings is 2. The average Bonchev–Trinajstić information content (AvgIpc) is 2.78. The molecule has 0 aliphatic heterocycles. The third-order valence-corrected chi connectivity index (χ3v) is 4.61. The van der Waals surface area contributed by atoms with Crippen molar-refractivity contribution in [1.82, 2.24) is 9.97 Å². The van der Waals surface area contributed by atoms with Crippen molar-refractivity contribution in [3.8, 4) is 11.5 Å². The number of aromatic nitrogens is 2. The van der Waals surface area contributed by atoms with Crippen LogP contribution in [-0.2, 0) is 0 Å². The number of anilines is 1. The molecule has 2 heterocycles. The van der Waals surface area contributed by atoms with Crippen molar-refractivity contribution < 1.29 is 9.84 Å². The molecule has 0 amide bonds. The molecule has 2 N–H and O–H groups in total. The average molecular weight is 383 g/mol. The van der Waals surface area contributed by atoms with Crippen LogP contribution in [0.5, 0.6) is 11.5 Å². The van der Waals surface area contributed by atoms with E-state index in [4.69, 9.17) is 4.74 Å². The first-order valence-corrected chi connectivity index (χ1v) is 9.34. The largest absolute Gasteiger partial charge is 0.505 e. The number of nitrogens with one attached hydrogen (secondary N) is 1. The fourth-order valence-corrected chi connectivity index (χ4v) is 3.25. The first-order valence-electron chi connectivity index (χ1n) is 9.34. The van der Waals surface area contributed by atoms with E-state index < -0.39 is 0 Å². The van der Waals surface area contributed by atoms with Gasteiger partial charge in [0.05, 0.1) is 6.04 Å². The molecular weight excluding hydrogens is 362 g/mol. The lowest BCUT2D eigenvalue weighted by Gasteiger charge is -2.22. The molecule has 0 spiro atoms. The van der Waals surface area contributed by atoms with Crippen molar-refractivity contribution in [2.45, 2.75) is 6.04 Å². The minimum absolute atomic E-state index is 0.147. The summed E-state index contributed by atoms with van der Waals surface area (Å²) in [6.45, 7) is 4.12. The zero-order valence-corrected chi connectivity index (χ0v) is 15.8. The summed E-state index contributed by atoms with van der Waals surface area (Å²) < 4.78 is 5.70. The molecule has 2 aromatic carbocycles. The van der Waals surface area contributed by atoms with Crippen LogP contribution in [-0.4, -0.2) is 21.7 Å². The van der Waals surface area contributed by atoms with Gasteiger partial charge in [0.15, 0.2) is 0 Å². The third-order valence-electron chi connectivity index (χ3n) is 4.61. The van der Waals surface area contributed by atoms with Crippen LogP contribution < -0.4 is 10.1 Å². The monoisotopic (exact) mass is 383 g/mol. The maximum atomic E-state index is 11.0. The molecule has 4 aromatic rings. The molecule has 0 unspecified atom stereocenters. The lowest BCUT2D eigenvalue weighted by Crippen LogP contribution is -2.14. The fourth-order valence-electron chi connectivity index (χ4n) is 3.25. The van der Waals surface area contributed by atoms with Crippen LogP contribution >= 0.6 is 0 Å². The van der Waals surface area contributed by atoms with Crippen molar-refractivity contribution in [2.75, 3.05) is 11.9 Å². The molecule has 1 atom stereocenters. The number of hydrogen-bond donors (Lipinski definition) is 2. The molecular formula is C24H21N3O2. The van der Waals surface area contributed by atoms with E-state index in [2.05, 4.69) is 21.9 Å². The Morgan fingerprint density at radius 2 is 1.90 bits per heavy atom. The summed E-state index contributed by atoms with van der Waals surface area (Å²) in [5.74, 6) is 1.58. The standard InChI is InChI=1S/C24H21N3O2/c1-2-15-29-19-9-5-7-18(16-19)22(27-21-10-3-4-13-25-21)20-12-11-17-8-6-14-26-23(17)24(20)28/h2-14,16,22,28H,1,15H2,(H,25,27)/t22-/m0/s1. The summed E-state index contributed by atoms with van der Waals surface area (Å²) in [5, 5.41) is 15.3. The Bertz CT molecular complexity index is 1130. The second kappa shape index (κ2) is 8.44. The molecule has 0 fully saturated rings. The van der Waals surface area contributed by atoms with Gasteiger partial charge in [-0.3, -0.25) is 4.98 Å². The zero-order valence-electron chi connectivity index (χ0n) is 15.8. The lowest BCUT2D eigenvalue weighted by atomic mass is 9.96. The van der Waals surface area contributed by atoms with Crippen molar-refractivity contribution in [2.24, 2.45) is 0 Å². The van der Waals surface area contributed by atoms with Gasteiger partial charge >= 0.3 is 0 Å². The molecule has 2 aromatic heterocycles. The van der Waals surface area contributed by atoms with E-state index in [-0.39, 0.29) is 11.8 Å². The highest BCUT2D eigenvalue weighted by Gasteiger charge is 2.21. The molecule has 0 saturated carbocycles.